The van der Waals surface area contributed by atoms with Gasteiger partial charge in [-0.15, -0.1) is 0 Å². The number of amides is 1. The van der Waals surface area contributed by atoms with Gasteiger partial charge < -0.3 is 5.32 Å². The molecule has 2 heterocycles. The van der Waals surface area contributed by atoms with Gasteiger partial charge in [-0.3, -0.25) is 9.48 Å². The lowest BCUT2D eigenvalue weighted by atomic mass is 10.2. The van der Waals surface area contributed by atoms with Crippen LogP contribution >= 0.6 is 11.8 Å². The number of aryl methyl sites for hydroxylation is 1. The Labute approximate surface area is 159 Å². The van der Waals surface area contributed by atoms with Crippen molar-refractivity contribution >= 4 is 27.7 Å². The first-order valence-electron chi connectivity index (χ1n) is 8.12. The van der Waals surface area contributed by atoms with Crippen molar-refractivity contribution in [1.82, 2.24) is 19.4 Å². The lowest BCUT2D eigenvalue weighted by Crippen LogP contribution is -2.39. The minimum absolute atomic E-state index is 0.0890. The molecule has 0 spiro atoms. The van der Waals surface area contributed by atoms with E-state index < -0.39 is 27.6 Å². The number of nitrogens with zero attached hydrogens (tertiary/aromatic N) is 3. The van der Waals surface area contributed by atoms with E-state index in [2.05, 4.69) is 10.4 Å². The van der Waals surface area contributed by atoms with Crippen LogP contribution in [0.5, 0.6) is 0 Å². The number of rotatable bonds is 5. The second-order valence-corrected chi connectivity index (χ2v) is 9.03. The quantitative estimate of drug-likeness (QED) is 0.796. The molecule has 1 fully saturated rings. The molecule has 1 aromatic carbocycles. The van der Waals surface area contributed by atoms with Gasteiger partial charge in [-0.25, -0.2) is 17.2 Å². The smallest absolute Gasteiger partial charge is 0.263 e. The van der Waals surface area contributed by atoms with E-state index in [4.69, 9.17) is 0 Å². The Balaban J connectivity index is 1.81. The third-order valence-corrected chi connectivity index (χ3v) is 6.83. The van der Waals surface area contributed by atoms with Crippen LogP contribution in [0, 0.1) is 11.6 Å². The van der Waals surface area contributed by atoms with Gasteiger partial charge >= 0.3 is 0 Å². The van der Waals surface area contributed by atoms with E-state index in [1.165, 1.54) is 28.3 Å². The maximum Gasteiger partial charge on any atom is 0.263 e. The standard InChI is InChI=1S/C16H18F2N4O3S2/c1-21-10-13(15(23)19-9-11-2-3-12(17)8-14(11)18)16(20-21)27(24,25)22-4-6-26-7-5-22/h2-3,8,10H,4-7,9H2,1H3,(H,19,23). The lowest BCUT2D eigenvalue weighted by molar-refractivity contribution is 0.0947. The number of aromatic nitrogens is 2. The Morgan fingerprint density at radius 1 is 1.30 bits per heavy atom. The zero-order valence-corrected chi connectivity index (χ0v) is 16.1. The minimum Gasteiger partial charge on any atom is -0.348 e. The average molecular weight is 416 g/mol. The van der Waals surface area contributed by atoms with Crippen molar-refractivity contribution in [2.24, 2.45) is 7.05 Å². The number of hydrogen-bond donors (Lipinski definition) is 1. The van der Waals surface area contributed by atoms with Gasteiger partial charge in [0, 0.05) is 56.0 Å². The normalized spacial score (nSPS) is 15.7. The highest BCUT2D eigenvalue weighted by molar-refractivity contribution is 7.99. The molecule has 3 rings (SSSR count). The molecule has 0 aliphatic carbocycles. The molecule has 1 N–H and O–H groups in total. The van der Waals surface area contributed by atoms with Crippen LogP contribution in [0.15, 0.2) is 29.4 Å². The molecule has 1 amide bonds. The van der Waals surface area contributed by atoms with Crippen molar-refractivity contribution in [1.29, 1.82) is 0 Å². The van der Waals surface area contributed by atoms with Crippen LogP contribution in [0.3, 0.4) is 0 Å². The number of nitrogens with one attached hydrogen (secondary N) is 1. The van der Waals surface area contributed by atoms with E-state index in [0.29, 0.717) is 24.6 Å². The highest BCUT2D eigenvalue weighted by Crippen LogP contribution is 2.22. The number of carbonyl (C=O) groups is 1. The van der Waals surface area contributed by atoms with Crippen LogP contribution in [-0.2, 0) is 23.6 Å². The molecule has 1 saturated heterocycles. The van der Waals surface area contributed by atoms with Crippen molar-refractivity contribution < 1.29 is 22.0 Å². The Morgan fingerprint density at radius 3 is 2.67 bits per heavy atom. The van der Waals surface area contributed by atoms with E-state index in [9.17, 15) is 22.0 Å². The number of thioether (sulfide) groups is 1. The summed E-state index contributed by atoms with van der Waals surface area (Å²) in [6.07, 6.45) is 1.31. The monoisotopic (exact) mass is 416 g/mol. The second kappa shape index (κ2) is 7.95. The highest BCUT2D eigenvalue weighted by Gasteiger charge is 2.33. The molecular weight excluding hydrogens is 398 g/mol. The predicted octanol–water partition coefficient (Wildman–Crippen LogP) is 1.37. The van der Waals surface area contributed by atoms with E-state index in [1.807, 2.05) is 0 Å². The Hall–Kier alpha value is -1.98. The van der Waals surface area contributed by atoms with Gasteiger partial charge in [-0.1, -0.05) is 6.07 Å². The fourth-order valence-electron chi connectivity index (χ4n) is 2.66. The summed E-state index contributed by atoms with van der Waals surface area (Å²) < 4.78 is 54.9. The molecule has 1 aliphatic rings. The van der Waals surface area contributed by atoms with Crippen molar-refractivity contribution in [3.63, 3.8) is 0 Å². The first kappa shape index (κ1) is 19.8. The van der Waals surface area contributed by atoms with Gasteiger partial charge in [-0.05, 0) is 6.07 Å². The number of sulfonamides is 1. The molecule has 27 heavy (non-hydrogen) atoms. The molecule has 11 heteroatoms. The molecule has 0 unspecified atom stereocenters. The van der Waals surface area contributed by atoms with Crippen molar-refractivity contribution in [2.75, 3.05) is 24.6 Å². The summed E-state index contributed by atoms with van der Waals surface area (Å²) in [7, 11) is -2.39. The molecule has 1 aliphatic heterocycles. The SMILES string of the molecule is Cn1cc(C(=O)NCc2ccc(F)cc2F)c(S(=O)(=O)N2CCSCC2)n1. The molecular formula is C16H18F2N4O3S2. The number of halogens is 2. The summed E-state index contributed by atoms with van der Waals surface area (Å²) in [5.41, 5.74) is -0.0238. The zero-order chi connectivity index (χ0) is 19.6. The highest BCUT2D eigenvalue weighted by atomic mass is 32.2. The Kier molecular flexibility index (Phi) is 5.82. The molecule has 0 atom stereocenters. The summed E-state index contributed by atoms with van der Waals surface area (Å²) in [5.74, 6) is -0.852. The molecule has 7 nitrogen and oxygen atoms in total. The van der Waals surface area contributed by atoms with E-state index in [0.717, 1.165) is 12.1 Å². The molecule has 0 radical (unpaired) electrons. The van der Waals surface area contributed by atoms with Crippen LogP contribution in [-0.4, -0.2) is 53.0 Å². The Morgan fingerprint density at radius 2 is 2.00 bits per heavy atom. The number of carbonyl (C=O) groups excluding carboxylic acids is 1. The second-order valence-electron chi connectivity index (χ2n) is 5.96. The lowest BCUT2D eigenvalue weighted by Gasteiger charge is -2.24. The van der Waals surface area contributed by atoms with Crippen LogP contribution in [0.4, 0.5) is 8.78 Å². The van der Waals surface area contributed by atoms with Gasteiger partial charge in [0.25, 0.3) is 15.9 Å². The topological polar surface area (TPSA) is 84.3 Å². The third-order valence-electron chi connectivity index (χ3n) is 4.05. The number of benzene rings is 1. The third kappa shape index (κ3) is 4.30. The largest absolute Gasteiger partial charge is 0.348 e. The van der Waals surface area contributed by atoms with Gasteiger partial charge in [-0.2, -0.15) is 21.2 Å². The zero-order valence-electron chi connectivity index (χ0n) is 14.5. The van der Waals surface area contributed by atoms with Gasteiger partial charge in [0.2, 0.25) is 5.03 Å². The predicted molar refractivity (Wildman–Crippen MR) is 96.8 cm³/mol. The maximum atomic E-state index is 13.7. The molecule has 1 aromatic heterocycles. The van der Waals surface area contributed by atoms with Gasteiger partial charge in [0.05, 0.1) is 5.56 Å². The first-order valence-corrected chi connectivity index (χ1v) is 10.7. The summed E-state index contributed by atoms with van der Waals surface area (Å²) in [5, 5.41) is 6.10. The van der Waals surface area contributed by atoms with E-state index in [1.54, 1.807) is 11.8 Å². The fourth-order valence-corrected chi connectivity index (χ4v) is 5.36. The average Bonchev–Trinajstić information content (AvgIpc) is 3.04. The van der Waals surface area contributed by atoms with Gasteiger partial charge in [0.15, 0.2) is 0 Å². The maximum absolute atomic E-state index is 13.7. The van der Waals surface area contributed by atoms with Crippen LogP contribution in [0.25, 0.3) is 0 Å². The first-order chi connectivity index (χ1) is 12.8. The van der Waals surface area contributed by atoms with E-state index in [-0.39, 0.29) is 22.7 Å². The van der Waals surface area contributed by atoms with Crippen LogP contribution in [0.1, 0.15) is 15.9 Å². The Bertz CT molecular complexity index is 957. The summed E-state index contributed by atoms with van der Waals surface area (Å²) in [6.45, 7) is 0.497. The molecule has 0 bridgehead atoms. The molecule has 146 valence electrons. The number of hydrogen-bond acceptors (Lipinski definition) is 5. The summed E-state index contributed by atoms with van der Waals surface area (Å²) in [4.78, 5) is 12.5. The minimum atomic E-state index is -3.91. The molecule has 2 aromatic rings. The van der Waals surface area contributed by atoms with Crippen LogP contribution < -0.4 is 5.32 Å². The fraction of sp³-hybridized carbons (Fsp3) is 0.375. The van der Waals surface area contributed by atoms with Crippen LogP contribution in [0.2, 0.25) is 0 Å². The van der Waals surface area contributed by atoms with Crippen molar-refractivity contribution in [2.45, 2.75) is 11.6 Å². The molecule has 0 saturated carbocycles. The summed E-state index contributed by atoms with van der Waals surface area (Å²) >= 11 is 1.66. The van der Waals surface area contributed by atoms with Crippen molar-refractivity contribution in [3.8, 4) is 0 Å². The summed E-state index contributed by atoms with van der Waals surface area (Å²) in [6, 6.07) is 3.02. The van der Waals surface area contributed by atoms with Crippen molar-refractivity contribution in [3.05, 3.63) is 47.2 Å². The van der Waals surface area contributed by atoms with Gasteiger partial charge in [0.1, 0.15) is 11.6 Å². The van der Waals surface area contributed by atoms with E-state index >= 15 is 0 Å².